The summed E-state index contributed by atoms with van der Waals surface area (Å²) in [5, 5.41) is 3.97. The van der Waals surface area contributed by atoms with Crippen molar-refractivity contribution in [3.63, 3.8) is 0 Å². The molecule has 0 aromatic rings. The Morgan fingerprint density at radius 3 is 2.80 bits per heavy atom. The van der Waals surface area contributed by atoms with Gasteiger partial charge in [0, 0.05) is 28.3 Å². The molecule has 0 saturated heterocycles. The van der Waals surface area contributed by atoms with Crippen molar-refractivity contribution in [3.05, 3.63) is 0 Å². The third-order valence-corrected chi connectivity index (χ3v) is 5.08. The Morgan fingerprint density at radius 1 is 1.47 bits per heavy atom. The molecule has 0 heterocycles. The second-order valence-corrected chi connectivity index (χ2v) is 6.56. The van der Waals surface area contributed by atoms with E-state index in [2.05, 4.69) is 19.2 Å². The monoisotopic (exact) mass is 231 g/mol. The normalized spacial score (nSPS) is 30.3. The van der Waals surface area contributed by atoms with Crippen LogP contribution in [-0.4, -0.2) is 28.3 Å². The molecule has 0 amide bonds. The van der Waals surface area contributed by atoms with Gasteiger partial charge in [0.15, 0.2) is 0 Å². The Kier molecular flexibility index (Phi) is 5.83. The van der Waals surface area contributed by atoms with E-state index in [1.54, 1.807) is 6.26 Å². The predicted molar refractivity (Wildman–Crippen MR) is 67.6 cm³/mol. The van der Waals surface area contributed by atoms with Crippen LogP contribution >= 0.6 is 0 Å². The van der Waals surface area contributed by atoms with E-state index in [9.17, 15) is 4.21 Å². The van der Waals surface area contributed by atoms with Gasteiger partial charge in [0.25, 0.3) is 0 Å². The molecule has 0 aromatic carbocycles. The summed E-state index contributed by atoms with van der Waals surface area (Å²) in [6.07, 6.45) is 8.25. The number of hydrogen-bond donors (Lipinski definition) is 1. The van der Waals surface area contributed by atoms with Gasteiger partial charge >= 0.3 is 0 Å². The van der Waals surface area contributed by atoms with Crippen molar-refractivity contribution >= 4 is 10.8 Å². The molecule has 1 N–H and O–H groups in total. The molecule has 4 atom stereocenters. The third-order valence-electron chi connectivity index (χ3n) is 3.71. The average Bonchev–Trinajstić information content (AvgIpc) is 2.65. The summed E-state index contributed by atoms with van der Waals surface area (Å²) in [7, 11) is -0.664. The zero-order valence-corrected chi connectivity index (χ0v) is 11.1. The summed E-state index contributed by atoms with van der Waals surface area (Å²) in [5.74, 6) is 0.882. The van der Waals surface area contributed by atoms with Gasteiger partial charge in [-0.05, 0) is 31.7 Å². The van der Waals surface area contributed by atoms with Crippen molar-refractivity contribution in [1.29, 1.82) is 0 Å². The maximum atomic E-state index is 11.2. The summed E-state index contributed by atoms with van der Waals surface area (Å²) >= 11 is 0. The molecular weight excluding hydrogens is 206 g/mol. The summed E-state index contributed by atoms with van der Waals surface area (Å²) in [4.78, 5) is 0. The largest absolute Gasteiger partial charge is 0.314 e. The van der Waals surface area contributed by atoms with Crippen LogP contribution in [0.3, 0.4) is 0 Å². The zero-order chi connectivity index (χ0) is 11.3. The minimum Gasteiger partial charge on any atom is -0.314 e. The van der Waals surface area contributed by atoms with E-state index < -0.39 is 10.8 Å². The molecule has 0 bridgehead atoms. The lowest BCUT2D eigenvalue weighted by Crippen LogP contribution is -2.34. The highest BCUT2D eigenvalue weighted by Crippen LogP contribution is 2.27. The van der Waals surface area contributed by atoms with E-state index in [0.29, 0.717) is 5.25 Å². The summed E-state index contributed by atoms with van der Waals surface area (Å²) in [6.45, 7) is 5.39. The van der Waals surface area contributed by atoms with Crippen LogP contribution in [0.15, 0.2) is 0 Å². The average molecular weight is 231 g/mol. The lowest BCUT2D eigenvalue weighted by Gasteiger charge is -2.20. The first-order chi connectivity index (χ1) is 7.15. The van der Waals surface area contributed by atoms with E-state index in [-0.39, 0.29) is 0 Å². The van der Waals surface area contributed by atoms with Crippen LogP contribution in [0.25, 0.3) is 0 Å². The molecule has 1 saturated carbocycles. The topological polar surface area (TPSA) is 29.1 Å². The van der Waals surface area contributed by atoms with Crippen LogP contribution in [0, 0.1) is 5.92 Å². The van der Waals surface area contributed by atoms with Gasteiger partial charge < -0.3 is 5.32 Å². The van der Waals surface area contributed by atoms with Gasteiger partial charge in [-0.25, -0.2) is 0 Å². The summed E-state index contributed by atoms with van der Waals surface area (Å²) in [5.41, 5.74) is 0. The van der Waals surface area contributed by atoms with Gasteiger partial charge in [-0.1, -0.05) is 26.7 Å². The molecule has 0 spiro atoms. The first kappa shape index (κ1) is 13.2. The molecule has 1 fully saturated rings. The van der Waals surface area contributed by atoms with Crippen LogP contribution in [0.1, 0.15) is 46.0 Å². The smallest absolute Gasteiger partial charge is 0.0329 e. The Balaban J connectivity index is 2.17. The third kappa shape index (κ3) is 4.23. The maximum absolute atomic E-state index is 11.2. The molecule has 0 radical (unpaired) electrons. The van der Waals surface area contributed by atoms with Gasteiger partial charge in [-0.2, -0.15) is 0 Å². The van der Waals surface area contributed by atoms with Crippen LogP contribution in [0.5, 0.6) is 0 Å². The molecule has 0 aliphatic heterocycles. The fourth-order valence-corrected chi connectivity index (χ4v) is 2.88. The molecule has 1 aliphatic rings. The van der Waals surface area contributed by atoms with Gasteiger partial charge in [-0.3, -0.25) is 4.21 Å². The van der Waals surface area contributed by atoms with Crippen molar-refractivity contribution in [2.24, 2.45) is 5.92 Å². The highest BCUT2D eigenvalue weighted by molar-refractivity contribution is 7.84. The van der Waals surface area contributed by atoms with Gasteiger partial charge in [0.1, 0.15) is 0 Å². The van der Waals surface area contributed by atoms with E-state index >= 15 is 0 Å². The Morgan fingerprint density at radius 2 is 2.20 bits per heavy atom. The minimum absolute atomic E-state index is 0.332. The summed E-state index contributed by atoms with van der Waals surface area (Å²) < 4.78 is 11.2. The second kappa shape index (κ2) is 6.64. The predicted octanol–water partition coefficient (Wildman–Crippen LogP) is 2.31. The number of rotatable bonds is 6. The highest BCUT2D eigenvalue weighted by atomic mass is 32.2. The van der Waals surface area contributed by atoms with E-state index in [1.807, 2.05) is 0 Å². The van der Waals surface area contributed by atoms with Gasteiger partial charge in [-0.15, -0.1) is 0 Å². The molecule has 1 aliphatic carbocycles. The fourth-order valence-electron chi connectivity index (χ4n) is 2.43. The molecule has 90 valence electrons. The molecule has 15 heavy (non-hydrogen) atoms. The number of hydrogen-bond acceptors (Lipinski definition) is 2. The summed E-state index contributed by atoms with van der Waals surface area (Å²) in [6, 6.07) is 0.729. The van der Waals surface area contributed by atoms with Gasteiger partial charge in [0.2, 0.25) is 0 Å². The number of nitrogens with one attached hydrogen (secondary N) is 1. The minimum atomic E-state index is -0.664. The SMILES string of the molecule is CCC1CCCC1NCCC(C)S(C)=O. The highest BCUT2D eigenvalue weighted by Gasteiger charge is 2.24. The van der Waals surface area contributed by atoms with E-state index in [1.165, 1.54) is 25.7 Å². The van der Waals surface area contributed by atoms with Crippen LogP contribution < -0.4 is 5.32 Å². The maximum Gasteiger partial charge on any atom is 0.0329 e. The van der Waals surface area contributed by atoms with Crippen molar-refractivity contribution in [2.45, 2.75) is 57.2 Å². The molecule has 1 rings (SSSR count). The van der Waals surface area contributed by atoms with Crippen LogP contribution in [0.4, 0.5) is 0 Å². The standard InChI is InChI=1S/C12H25NOS/c1-4-11-6-5-7-12(11)13-9-8-10(2)15(3)14/h10-13H,4-9H2,1-3H3. The fraction of sp³-hybridized carbons (Fsp3) is 1.00. The lowest BCUT2D eigenvalue weighted by atomic mass is 10.0. The molecule has 3 heteroatoms. The zero-order valence-electron chi connectivity index (χ0n) is 10.3. The van der Waals surface area contributed by atoms with Crippen molar-refractivity contribution in [2.75, 3.05) is 12.8 Å². The van der Waals surface area contributed by atoms with Crippen LogP contribution in [-0.2, 0) is 10.8 Å². The van der Waals surface area contributed by atoms with Crippen molar-refractivity contribution in [1.82, 2.24) is 5.32 Å². The van der Waals surface area contributed by atoms with E-state index in [4.69, 9.17) is 0 Å². The molecule has 4 unspecified atom stereocenters. The first-order valence-electron chi connectivity index (χ1n) is 6.20. The van der Waals surface area contributed by atoms with Crippen molar-refractivity contribution in [3.8, 4) is 0 Å². The van der Waals surface area contributed by atoms with Crippen molar-refractivity contribution < 1.29 is 4.21 Å². The van der Waals surface area contributed by atoms with Gasteiger partial charge in [0.05, 0.1) is 0 Å². The first-order valence-corrected chi connectivity index (χ1v) is 7.82. The molecule has 0 aromatic heterocycles. The van der Waals surface area contributed by atoms with E-state index in [0.717, 1.165) is 24.9 Å². The Bertz CT molecular complexity index is 208. The Labute approximate surface area is 96.7 Å². The molecular formula is C12H25NOS. The molecule has 2 nitrogen and oxygen atoms in total. The Hall–Kier alpha value is 0.110. The lowest BCUT2D eigenvalue weighted by molar-refractivity contribution is 0.389. The van der Waals surface area contributed by atoms with Crippen LogP contribution in [0.2, 0.25) is 0 Å². The second-order valence-electron chi connectivity index (χ2n) is 4.76. The quantitative estimate of drug-likeness (QED) is 0.760.